The van der Waals surface area contributed by atoms with E-state index in [0.29, 0.717) is 0 Å². The standard InChI is InChI=1S/C5H8N2O3/c1-3-7(2)5(9)10-4(6)8/h3H,1H2,2H3,(H2,6,8). The lowest BCUT2D eigenvalue weighted by Gasteiger charge is -2.07. The third-order valence-corrected chi connectivity index (χ3v) is 0.750. The van der Waals surface area contributed by atoms with Gasteiger partial charge in [0.1, 0.15) is 0 Å². The average Bonchev–Trinajstić information content (AvgIpc) is 1.85. The maximum absolute atomic E-state index is 10.5. The van der Waals surface area contributed by atoms with Gasteiger partial charge in [-0.2, -0.15) is 0 Å². The molecule has 0 saturated heterocycles. The van der Waals surface area contributed by atoms with Crippen LogP contribution in [0.3, 0.4) is 0 Å². The van der Waals surface area contributed by atoms with Crippen LogP contribution < -0.4 is 5.73 Å². The van der Waals surface area contributed by atoms with Gasteiger partial charge in [-0.25, -0.2) is 9.59 Å². The molecule has 0 aliphatic heterocycles. The third-order valence-electron chi connectivity index (χ3n) is 0.750. The van der Waals surface area contributed by atoms with Crippen LogP contribution >= 0.6 is 0 Å². The summed E-state index contributed by atoms with van der Waals surface area (Å²) in [5.41, 5.74) is 4.54. The van der Waals surface area contributed by atoms with E-state index in [2.05, 4.69) is 17.0 Å². The van der Waals surface area contributed by atoms with Crippen LogP contribution in [0.2, 0.25) is 0 Å². The van der Waals surface area contributed by atoms with Gasteiger partial charge in [-0.3, -0.25) is 4.90 Å². The molecule has 0 unspecified atom stereocenters. The van der Waals surface area contributed by atoms with Crippen LogP contribution in [0.1, 0.15) is 0 Å². The third kappa shape index (κ3) is 2.71. The number of primary amides is 1. The summed E-state index contributed by atoms with van der Waals surface area (Å²) >= 11 is 0. The van der Waals surface area contributed by atoms with Gasteiger partial charge in [0.05, 0.1) is 0 Å². The van der Waals surface area contributed by atoms with Crippen molar-refractivity contribution in [2.45, 2.75) is 0 Å². The molecule has 0 spiro atoms. The van der Waals surface area contributed by atoms with Crippen molar-refractivity contribution in [1.29, 1.82) is 0 Å². The average molecular weight is 144 g/mol. The predicted octanol–water partition coefficient (Wildman–Crippen LogP) is 0.277. The van der Waals surface area contributed by atoms with Gasteiger partial charge >= 0.3 is 12.2 Å². The van der Waals surface area contributed by atoms with Crippen LogP contribution in [-0.2, 0) is 4.74 Å². The molecule has 0 fully saturated rings. The van der Waals surface area contributed by atoms with Gasteiger partial charge in [0.25, 0.3) is 0 Å². The fraction of sp³-hybridized carbons (Fsp3) is 0.200. The zero-order valence-electron chi connectivity index (χ0n) is 5.53. The number of rotatable bonds is 1. The summed E-state index contributed by atoms with van der Waals surface area (Å²) in [6, 6.07) is 0. The van der Waals surface area contributed by atoms with Crippen LogP contribution in [0.4, 0.5) is 9.59 Å². The van der Waals surface area contributed by atoms with Crippen molar-refractivity contribution in [3.63, 3.8) is 0 Å². The molecule has 2 amide bonds. The highest BCUT2D eigenvalue weighted by Crippen LogP contribution is 1.88. The summed E-state index contributed by atoms with van der Waals surface area (Å²) in [6.45, 7) is 3.26. The Bertz CT molecular complexity index is 166. The second-order valence-corrected chi connectivity index (χ2v) is 1.48. The predicted molar refractivity (Wildman–Crippen MR) is 34.0 cm³/mol. The van der Waals surface area contributed by atoms with Crippen molar-refractivity contribution < 1.29 is 14.3 Å². The SMILES string of the molecule is C=CN(C)C(=O)OC(N)=O. The van der Waals surface area contributed by atoms with Crippen LogP contribution in [0.25, 0.3) is 0 Å². The number of nitrogens with zero attached hydrogens (tertiary/aromatic N) is 1. The number of amides is 2. The van der Waals surface area contributed by atoms with Crippen molar-refractivity contribution in [3.8, 4) is 0 Å². The van der Waals surface area contributed by atoms with Gasteiger partial charge in [0.2, 0.25) is 0 Å². The van der Waals surface area contributed by atoms with Crippen molar-refractivity contribution in [1.82, 2.24) is 4.90 Å². The Morgan fingerprint density at radius 2 is 2.20 bits per heavy atom. The minimum Gasteiger partial charge on any atom is -0.359 e. The monoisotopic (exact) mass is 144 g/mol. The molecular formula is C5H8N2O3. The van der Waals surface area contributed by atoms with E-state index >= 15 is 0 Å². The molecule has 5 heteroatoms. The van der Waals surface area contributed by atoms with E-state index < -0.39 is 12.2 Å². The molecule has 0 aromatic carbocycles. The fourth-order valence-corrected chi connectivity index (χ4v) is 0.233. The van der Waals surface area contributed by atoms with E-state index in [0.717, 1.165) is 4.90 Å². The first-order chi connectivity index (χ1) is 4.57. The Kier molecular flexibility index (Phi) is 2.96. The number of nitrogens with two attached hydrogens (primary N) is 1. The lowest BCUT2D eigenvalue weighted by Crippen LogP contribution is -2.27. The molecule has 56 valence electrons. The zero-order chi connectivity index (χ0) is 8.15. The number of carbonyl (C=O) groups is 2. The van der Waals surface area contributed by atoms with Crippen LogP contribution in [0, 0.1) is 0 Å². The van der Waals surface area contributed by atoms with Gasteiger partial charge in [-0.1, -0.05) is 6.58 Å². The summed E-state index contributed by atoms with van der Waals surface area (Å²) in [4.78, 5) is 21.5. The molecule has 0 saturated carbocycles. The molecule has 0 aliphatic rings. The smallest absolute Gasteiger partial charge is 0.359 e. The first-order valence-corrected chi connectivity index (χ1v) is 2.44. The molecule has 0 radical (unpaired) electrons. The minimum absolute atomic E-state index is 0.845. The number of carbonyl (C=O) groups excluding carboxylic acids is 2. The second kappa shape index (κ2) is 3.49. The number of ether oxygens (including phenoxy) is 1. The molecule has 0 aromatic heterocycles. The topological polar surface area (TPSA) is 72.6 Å². The summed E-state index contributed by atoms with van der Waals surface area (Å²) < 4.78 is 3.96. The molecule has 0 bridgehead atoms. The molecular weight excluding hydrogens is 136 g/mol. The number of hydrogen-bond acceptors (Lipinski definition) is 3. The van der Waals surface area contributed by atoms with Crippen molar-refractivity contribution in [2.24, 2.45) is 5.73 Å². The summed E-state index contributed by atoms with van der Waals surface area (Å²) in [6.07, 6.45) is -0.771. The Balaban J connectivity index is 3.84. The quantitative estimate of drug-likeness (QED) is 0.537. The zero-order valence-corrected chi connectivity index (χ0v) is 5.53. The lowest BCUT2D eigenvalue weighted by molar-refractivity contribution is 0.140. The molecule has 2 N–H and O–H groups in total. The van der Waals surface area contributed by atoms with E-state index in [1.54, 1.807) is 0 Å². The summed E-state index contributed by atoms with van der Waals surface area (Å²) in [5, 5.41) is 0. The normalized spacial score (nSPS) is 8.10. The Labute approximate surface area is 58.0 Å². The fourth-order valence-electron chi connectivity index (χ4n) is 0.233. The molecule has 5 nitrogen and oxygen atoms in total. The molecule has 0 aliphatic carbocycles. The van der Waals surface area contributed by atoms with Gasteiger partial charge in [0, 0.05) is 13.2 Å². The van der Waals surface area contributed by atoms with E-state index in [9.17, 15) is 9.59 Å². The highest BCUT2D eigenvalue weighted by molar-refractivity contribution is 5.82. The van der Waals surface area contributed by atoms with Crippen molar-refractivity contribution in [2.75, 3.05) is 7.05 Å². The Morgan fingerprint density at radius 3 is 2.50 bits per heavy atom. The summed E-state index contributed by atoms with van der Waals surface area (Å²) in [5.74, 6) is 0. The van der Waals surface area contributed by atoms with Crippen LogP contribution in [0.5, 0.6) is 0 Å². The van der Waals surface area contributed by atoms with Gasteiger partial charge in [0.15, 0.2) is 0 Å². The first-order valence-electron chi connectivity index (χ1n) is 2.44. The van der Waals surface area contributed by atoms with Crippen molar-refractivity contribution >= 4 is 12.2 Å². The van der Waals surface area contributed by atoms with E-state index in [1.807, 2.05) is 0 Å². The van der Waals surface area contributed by atoms with Gasteiger partial charge < -0.3 is 10.5 Å². The first kappa shape index (κ1) is 8.48. The van der Waals surface area contributed by atoms with Crippen LogP contribution in [-0.4, -0.2) is 24.1 Å². The van der Waals surface area contributed by atoms with E-state index in [4.69, 9.17) is 0 Å². The molecule has 0 atom stereocenters. The van der Waals surface area contributed by atoms with Crippen LogP contribution in [0.15, 0.2) is 12.8 Å². The maximum Gasteiger partial charge on any atom is 0.422 e. The Morgan fingerprint density at radius 1 is 1.70 bits per heavy atom. The largest absolute Gasteiger partial charge is 0.422 e. The second-order valence-electron chi connectivity index (χ2n) is 1.48. The number of hydrogen-bond donors (Lipinski definition) is 1. The lowest BCUT2D eigenvalue weighted by atomic mass is 10.8. The molecule has 0 aromatic rings. The van der Waals surface area contributed by atoms with E-state index in [-0.39, 0.29) is 0 Å². The van der Waals surface area contributed by atoms with E-state index in [1.165, 1.54) is 13.2 Å². The highest BCUT2D eigenvalue weighted by Gasteiger charge is 2.08. The van der Waals surface area contributed by atoms with Crippen molar-refractivity contribution in [3.05, 3.63) is 12.8 Å². The molecule has 0 heterocycles. The summed E-state index contributed by atoms with van der Waals surface area (Å²) in [7, 11) is 1.39. The highest BCUT2D eigenvalue weighted by atomic mass is 16.6. The Hall–Kier alpha value is -1.52. The molecule has 0 rings (SSSR count). The molecule has 10 heavy (non-hydrogen) atoms. The van der Waals surface area contributed by atoms with Gasteiger partial charge in [-0.05, 0) is 0 Å². The van der Waals surface area contributed by atoms with Gasteiger partial charge in [-0.15, -0.1) is 0 Å². The maximum atomic E-state index is 10.5. The minimum atomic E-state index is -1.13.